The third-order valence-electron chi connectivity index (χ3n) is 2.74. The van der Waals surface area contributed by atoms with Crippen molar-refractivity contribution in [3.63, 3.8) is 0 Å². The first-order chi connectivity index (χ1) is 7.66. The number of rotatable bonds is 4. The largest absolute Gasteiger partial charge is 0.399 e. The average Bonchev–Trinajstić information content (AvgIpc) is 3.10. The second kappa shape index (κ2) is 4.53. The molecule has 0 aromatic heterocycles. The zero-order chi connectivity index (χ0) is 11.5. The van der Waals surface area contributed by atoms with Crippen LogP contribution < -0.4 is 11.1 Å². The van der Waals surface area contributed by atoms with Crippen molar-refractivity contribution in [3.05, 3.63) is 29.8 Å². The molecular weight excluding hydrogens is 204 g/mol. The highest BCUT2D eigenvalue weighted by Crippen LogP contribution is 2.28. The molecule has 1 atom stereocenters. The molecular formula is C12H16N2O2. The Labute approximate surface area is 94.5 Å². The Hall–Kier alpha value is -1.55. The van der Waals surface area contributed by atoms with Crippen LogP contribution in [-0.4, -0.2) is 17.6 Å². The third-order valence-corrected chi connectivity index (χ3v) is 2.74. The fourth-order valence-electron chi connectivity index (χ4n) is 1.52. The molecule has 0 radical (unpaired) electrons. The molecule has 4 nitrogen and oxygen atoms in total. The molecule has 0 heterocycles. The Balaban J connectivity index is 1.84. The van der Waals surface area contributed by atoms with E-state index in [1.54, 1.807) is 24.3 Å². The highest BCUT2D eigenvalue weighted by atomic mass is 16.3. The van der Waals surface area contributed by atoms with Crippen LogP contribution in [0.1, 0.15) is 24.5 Å². The minimum Gasteiger partial charge on any atom is -0.399 e. The number of hydrogen-bond donors (Lipinski definition) is 3. The SMILES string of the molecule is Nc1ccc(C(O)CNC(=O)C2CC2)cc1. The number of nitrogens with two attached hydrogens (primary N) is 1. The van der Waals surface area contributed by atoms with Crippen LogP contribution in [0, 0.1) is 5.92 Å². The first-order valence-electron chi connectivity index (χ1n) is 5.48. The number of hydrogen-bond acceptors (Lipinski definition) is 3. The van der Waals surface area contributed by atoms with Crippen LogP contribution >= 0.6 is 0 Å². The van der Waals surface area contributed by atoms with Crippen molar-refractivity contribution in [3.8, 4) is 0 Å². The molecule has 1 amide bonds. The predicted molar refractivity (Wildman–Crippen MR) is 61.5 cm³/mol. The van der Waals surface area contributed by atoms with Crippen molar-refractivity contribution in [2.45, 2.75) is 18.9 Å². The lowest BCUT2D eigenvalue weighted by atomic mass is 10.1. The van der Waals surface area contributed by atoms with Crippen molar-refractivity contribution in [2.24, 2.45) is 5.92 Å². The van der Waals surface area contributed by atoms with Gasteiger partial charge in [0.15, 0.2) is 0 Å². The fraction of sp³-hybridized carbons (Fsp3) is 0.417. The minimum absolute atomic E-state index is 0.0505. The van der Waals surface area contributed by atoms with Gasteiger partial charge in [-0.3, -0.25) is 4.79 Å². The first-order valence-corrected chi connectivity index (χ1v) is 5.48. The molecule has 0 spiro atoms. The number of benzene rings is 1. The molecule has 1 saturated carbocycles. The molecule has 1 aromatic carbocycles. The van der Waals surface area contributed by atoms with Gasteiger partial charge in [0.2, 0.25) is 5.91 Å². The van der Waals surface area contributed by atoms with E-state index in [9.17, 15) is 9.90 Å². The number of amides is 1. The number of carbonyl (C=O) groups is 1. The molecule has 1 aliphatic carbocycles. The second-order valence-corrected chi connectivity index (χ2v) is 4.20. The van der Waals surface area contributed by atoms with E-state index >= 15 is 0 Å². The van der Waals surface area contributed by atoms with Crippen molar-refractivity contribution < 1.29 is 9.90 Å². The second-order valence-electron chi connectivity index (χ2n) is 4.20. The van der Waals surface area contributed by atoms with E-state index in [0.717, 1.165) is 18.4 Å². The fourth-order valence-corrected chi connectivity index (χ4v) is 1.52. The monoisotopic (exact) mass is 220 g/mol. The lowest BCUT2D eigenvalue weighted by Gasteiger charge is -2.12. The summed E-state index contributed by atoms with van der Waals surface area (Å²) in [5.41, 5.74) is 6.98. The molecule has 0 bridgehead atoms. The molecule has 2 rings (SSSR count). The van der Waals surface area contributed by atoms with Crippen LogP contribution in [0.2, 0.25) is 0 Å². The van der Waals surface area contributed by atoms with E-state index in [1.807, 2.05) is 0 Å². The summed E-state index contributed by atoms with van der Waals surface area (Å²) in [4.78, 5) is 11.4. The Morgan fingerprint density at radius 2 is 2.06 bits per heavy atom. The summed E-state index contributed by atoms with van der Waals surface area (Å²) in [7, 11) is 0. The zero-order valence-corrected chi connectivity index (χ0v) is 9.02. The minimum atomic E-state index is -0.664. The Morgan fingerprint density at radius 1 is 1.44 bits per heavy atom. The summed E-state index contributed by atoms with van der Waals surface area (Å²) < 4.78 is 0. The Kier molecular flexibility index (Phi) is 3.10. The molecule has 1 unspecified atom stereocenters. The van der Waals surface area contributed by atoms with Crippen molar-refractivity contribution >= 4 is 11.6 Å². The summed E-state index contributed by atoms with van der Waals surface area (Å²) in [5.74, 6) is 0.230. The van der Waals surface area contributed by atoms with E-state index in [2.05, 4.69) is 5.32 Å². The van der Waals surface area contributed by atoms with Crippen LogP contribution in [0.15, 0.2) is 24.3 Å². The molecule has 86 valence electrons. The molecule has 1 aromatic rings. The van der Waals surface area contributed by atoms with Gasteiger partial charge < -0.3 is 16.2 Å². The van der Waals surface area contributed by atoms with Gasteiger partial charge in [-0.05, 0) is 30.5 Å². The van der Waals surface area contributed by atoms with E-state index in [-0.39, 0.29) is 18.4 Å². The van der Waals surface area contributed by atoms with E-state index in [4.69, 9.17) is 5.73 Å². The van der Waals surface area contributed by atoms with E-state index < -0.39 is 6.10 Å². The van der Waals surface area contributed by atoms with Crippen LogP contribution in [0.4, 0.5) is 5.69 Å². The van der Waals surface area contributed by atoms with Gasteiger partial charge >= 0.3 is 0 Å². The van der Waals surface area contributed by atoms with Gasteiger partial charge in [-0.2, -0.15) is 0 Å². The van der Waals surface area contributed by atoms with Crippen LogP contribution in [0.25, 0.3) is 0 Å². The Bertz CT molecular complexity index is 371. The molecule has 16 heavy (non-hydrogen) atoms. The predicted octanol–water partition coefficient (Wildman–Crippen LogP) is 0.828. The molecule has 4 heteroatoms. The van der Waals surface area contributed by atoms with Crippen LogP contribution in [0.5, 0.6) is 0 Å². The van der Waals surface area contributed by atoms with Crippen LogP contribution in [0.3, 0.4) is 0 Å². The number of nitrogens with one attached hydrogen (secondary N) is 1. The van der Waals surface area contributed by atoms with Gasteiger partial charge in [0.1, 0.15) is 0 Å². The Morgan fingerprint density at radius 3 is 2.62 bits per heavy atom. The molecule has 4 N–H and O–H groups in total. The lowest BCUT2D eigenvalue weighted by molar-refractivity contribution is -0.122. The van der Waals surface area contributed by atoms with E-state index in [0.29, 0.717) is 5.69 Å². The standard InChI is InChI=1S/C12H16N2O2/c13-10-5-3-8(4-6-10)11(15)7-14-12(16)9-1-2-9/h3-6,9,11,15H,1-2,7,13H2,(H,14,16). The number of aliphatic hydroxyl groups excluding tert-OH is 1. The highest BCUT2D eigenvalue weighted by molar-refractivity contribution is 5.80. The van der Waals surface area contributed by atoms with Gasteiger partial charge in [0.25, 0.3) is 0 Å². The third kappa shape index (κ3) is 2.73. The lowest BCUT2D eigenvalue weighted by Crippen LogP contribution is -2.29. The number of carbonyl (C=O) groups excluding carboxylic acids is 1. The van der Waals surface area contributed by atoms with E-state index in [1.165, 1.54) is 0 Å². The normalized spacial score (nSPS) is 16.8. The van der Waals surface area contributed by atoms with Crippen LogP contribution in [-0.2, 0) is 4.79 Å². The smallest absolute Gasteiger partial charge is 0.223 e. The number of aliphatic hydroxyl groups is 1. The maximum Gasteiger partial charge on any atom is 0.223 e. The maximum absolute atomic E-state index is 11.4. The van der Waals surface area contributed by atoms with Crippen molar-refractivity contribution in [1.29, 1.82) is 0 Å². The maximum atomic E-state index is 11.4. The topological polar surface area (TPSA) is 75.3 Å². The summed E-state index contributed by atoms with van der Waals surface area (Å²) in [6, 6.07) is 7.01. The quantitative estimate of drug-likeness (QED) is 0.658. The van der Waals surface area contributed by atoms with Gasteiger partial charge in [0, 0.05) is 18.2 Å². The van der Waals surface area contributed by atoms with Gasteiger partial charge in [0.05, 0.1) is 6.10 Å². The van der Waals surface area contributed by atoms with Gasteiger partial charge in [-0.1, -0.05) is 12.1 Å². The summed E-state index contributed by atoms with van der Waals surface area (Å²) in [5, 5.41) is 12.5. The highest BCUT2D eigenvalue weighted by Gasteiger charge is 2.29. The summed E-state index contributed by atoms with van der Waals surface area (Å²) in [6.45, 7) is 0.263. The number of nitrogen functional groups attached to an aromatic ring is 1. The van der Waals surface area contributed by atoms with Crippen molar-refractivity contribution in [2.75, 3.05) is 12.3 Å². The van der Waals surface area contributed by atoms with Crippen molar-refractivity contribution in [1.82, 2.24) is 5.32 Å². The molecule has 0 aliphatic heterocycles. The summed E-state index contributed by atoms with van der Waals surface area (Å²) >= 11 is 0. The summed E-state index contributed by atoms with van der Waals surface area (Å²) in [6.07, 6.45) is 1.29. The zero-order valence-electron chi connectivity index (χ0n) is 9.02. The molecule has 1 aliphatic rings. The molecule has 1 fully saturated rings. The number of anilines is 1. The first kappa shape index (κ1) is 11.0. The average molecular weight is 220 g/mol. The van der Waals surface area contributed by atoms with Gasteiger partial charge in [-0.15, -0.1) is 0 Å². The van der Waals surface area contributed by atoms with Gasteiger partial charge in [-0.25, -0.2) is 0 Å². The molecule has 0 saturated heterocycles.